The number of methoxy groups -OCH3 is 1. The Balaban J connectivity index is 1.90. The molecule has 1 aliphatic rings. The summed E-state index contributed by atoms with van der Waals surface area (Å²) in [6.45, 7) is 4.02. The number of hydrogen-bond acceptors (Lipinski definition) is 6. The molecule has 0 saturated carbocycles. The Hall–Kier alpha value is -3.29. The zero-order chi connectivity index (χ0) is 20.1. The van der Waals surface area contributed by atoms with Gasteiger partial charge in [-0.05, 0) is 38.0 Å². The first-order chi connectivity index (χ1) is 13.5. The van der Waals surface area contributed by atoms with Crippen molar-refractivity contribution >= 4 is 23.0 Å². The Labute approximate surface area is 163 Å². The van der Waals surface area contributed by atoms with Gasteiger partial charge in [0.2, 0.25) is 0 Å². The lowest BCUT2D eigenvalue weighted by Gasteiger charge is -2.21. The minimum Gasteiger partial charge on any atom is -0.493 e. The molecule has 1 fully saturated rings. The molecular weight excluding hydrogens is 362 g/mol. The maximum absolute atomic E-state index is 12.9. The van der Waals surface area contributed by atoms with Crippen LogP contribution in [0.2, 0.25) is 0 Å². The van der Waals surface area contributed by atoms with Gasteiger partial charge in [-0.25, -0.2) is 0 Å². The van der Waals surface area contributed by atoms with Crippen LogP contribution >= 0.6 is 0 Å². The lowest BCUT2D eigenvalue weighted by Crippen LogP contribution is -2.23. The zero-order valence-corrected chi connectivity index (χ0v) is 15.9. The van der Waals surface area contributed by atoms with Crippen LogP contribution in [0.3, 0.4) is 0 Å². The van der Waals surface area contributed by atoms with E-state index in [1.807, 2.05) is 6.92 Å². The molecule has 8 nitrogen and oxygen atoms in total. The van der Waals surface area contributed by atoms with E-state index in [4.69, 9.17) is 9.47 Å². The molecule has 28 heavy (non-hydrogen) atoms. The van der Waals surface area contributed by atoms with Crippen LogP contribution in [0.15, 0.2) is 36.4 Å². The summed E-state index contributed by atoms with van der Waals surface area (Å²) >= 11 is 0. The molecule has 0 atom stereocenters. The minimum absolute atomic E-state index is 0.114. The van der Waals surface area contributed by atoms with Crippen LogP contribution in [-0.4, -0.2) is 37.6 Å². The van der Waals surface area contributed by atoms with Crippen molar-refractivity contribution in [2.75, 3.05) is 37.0 Å². The van der Waals surface area contributed by atoms with Crippen LogP contribution in [0.25, 0.3) is 0 Å². The van der Waals surface area contributed by atoms with E-state index in [0.717, 1.165) is 25.9 Å². The molecule has 0 unspecified atom stereocenters. The highest BCUT2D eigenvalue weighted by molar-refractivity contribution is 6.08. The number of carbonyl (C=O) groups is 1. The number of amides is 1. The number of nitro groups is 1. The number of ether oxygens (including phenoxy) is 2. The Morgan fingerprint density at radius 3 is 2.57 bits per heavy atom. The van der Waals surface area contributed by atoms with E-state index in [0.29, 0.717) is 29.5 Å². The van der Waals surface area contributed by atoms with Gasteiger partial charge in [0.1, 0.15) is 0 Å². The van der Waals surface area contributed by atoms with E-state index in [2.05, 4.69) is 10.2 Å². The van der Waals surface area contributed by atoms with E-state index >= 15 is 0 Å². The van der Waals surface area contributed by atoms with Crippen LogP contribution in [0.1, 0.15) is 30.1 Å². The number of carbonyl (C=O) groups excluding carboxylic acids is 1. The van der Waals surface area contributed by atoms with Gasteiger partial charge in [-0.2, -0.15) is 0 Å². The molecule has 1 saturated heterocycles. The number of nitrogens with one attached hydrogen (secondary N) is 1. The summed E-state index contributed by atoms with van der Waals surface area (Å²) in [6.07, 6.45) is 2.07. The molecule has 148 valence electrons. The van der Waals surface area contributed by atoms with Crippen molar-refractivity contribution in [3.63, 3.8) is 0 Å². The van der Waals surface area contributed by atoms with Gasteiger partial charge in [-0.15, -0.1) is 0 Å². The lowest BCUT2D eigenvalue weighted by atomic mass is 10.1. The first-order valence-electron chi connectivity index (χ1n) is 9.19. The van der Waals surface area contributed by atoms with Gasteiger partial charge in [-0.3, -0.25) is 14.9 Å². The largest absolute Gasteiger partial charge is 0.493 e. The molecule has 1 aliphatic heterocycles. The maximum Gasteiger partial charge on any atom is 0.270 e. The zero-order valence-electron chi connectivity index (χ0n) is 15.9. The van der Waals surface area contributed by atoms with Gasteiger partial charge < -0.3 is 19.7 Å². The average molecular weight is 385 g/mol. The molecule has 0 spiro atoms. The normalized spacial score (nSPS) is 13.3. The van der Waals surface area contributed by atoms with Crippen LogP contribution in [0.5, 0.6) is 11.5 Å². The lowest BCUT2D eigenvalue weighted by molar-refractivity contribution is -0.384. The quantitative estimate of drug-likeness (QED) is 0.575. The summed E-state index contributed by atoms with van der Waals surface area (Å²) in [4.78, 5) is 25.7. The predicted molar refractivity (Wildman–Crippen MR) is 107 cm³/mol. The Kier molecular flexibility index (Phi) is 5.98. The average Bonchev–Trinajstić information content (AvgIpc) is 3.23. The first kappa shape index (κ1) is 19.5. The van der Waals surface area contributed by atoms with Crippen molar-refractivity contribution < 1.29 is 19.2 Å². The van der Waals surface area contributed by atoms with E-state index in [1.54, 1.807) is 24.3 Å². The van der Waals surface area contributed by atoms with E-state index < -0.39 is 10.8 Å². The molecule has 2 aromatic rings. The molecule has 1 amide bonds. The predicted octanol–water partition coefficient (Wildman–Crippen LogP) is 3.85. The fourth-order valence-corrected chi connectivity index (χ4v) is 3.27. The first-order valence-corrected chi connectivity index (χ1v) is 9.19. The molecule has 2 aromatic carbocycles. The van der Waals surface area contributed by atoms with Crippen LogP contribution in [-0.2, 0) is 0 Å². The van der Waals surface area contributed by atoms with Gasteiger partial charge in [0.15, 0.2) is 11.5 Å². The number of nitrogens with zero attached hydrogens (tertiary/aromatic N) is 2. The van der Waals surface area contributed by atoms with Crippen molar-refractivity contribution in [3.05, 3.63) is 52.1 Å². The number of rotatable bonds is 7. The molecule has 0 radical (unpaired) electrons. The number of anilines is 2. The second-order valence-corrected chi connectivity index (χ2v) is 6.41. The minimum atomic E-state index is -0.496. The smallest absolute Gasteiger partial charge is 0.270 e. The van der Waals surface area contributed by atoms with Crippen LogP contribution in [0, 0.1) is 10.1 Å². The van der Waals surface area contributed by atoms with Crippen molar-refractivity contribution in [3.8, 4) is 11.5 Å². The molecule has 0 aliphatic carbocycles. The SMILES string of the molecule is CCOc1ccc(NC(=O)c2cc([N+](=O)[O-])ccc2N2CCCC2)cc1OC. The summed E-state index contributed by atoms with van der Waals surface area (Å²) in [6, 6.07) is 9.50. The van der Waals surface area contributed by atoms with Gasteiger partial charge in [0.05, 0.1) is 29.9 Å². The van der Waals surface area contributed by atoms with Gasteiger partial charge in [-0.1, -0.05) is 0 Å². The molecule has 1 heterocycles. The number of non-ortho nitro benzene ring substituents is 1. The van der Waals surface area contributed by atoms with E-state index in [-0.39, 0.29) is 11.3 Å². The second-order valence-electron chi connectivity index (χ2n) is 6.41. The molecule has 1 N–H and O–H groups in total. The van der Waals surface area contributed by atoms with Crippen molar-refractivity contribution in [2.45, 2.75) is 19.8 Å². The summed E-state index contributed by atoms with van der Waals surface area (Å²) < 4.78 is 10.8. The molecule has 0 aromatic heterocycles. The van der Waals surface area contributed by atoms with Gasteiger partial charge >= 0.3 is 0 Å². The highest BCUT2D eigenvalue weighted by atomic mass is 16.6. The van der Waals surface area contributed by atoms with Crippen molar-refractivity contribution in [1.82, 2.24) is 0 Å². The number of benzene rings is 2. The highest BCUT2D eigenvalue weighted by Crippen LogP contribution is 2.32. The molecule has 3 rings (SSSR count). The Bertz CT molecular complexity index is 878. The fourth-order valence-electron chi connectivity index (χ4n) is 3.27. The van der Waals surface area contributed by atoms with E-state index in [9.17, 15) is 14.9 Å². The monoisotopic (exact) mass is 385 g/mol. The number of hydrogen-bond donors (Lipinski definition) is 1. The van der Waals surface area contributed by atoms with Crippen molar-refractivity contribution in [2.24, 2.45) is 0 Å². The van der Waals surface area contributed by atoms with Gasteiger partial charge in [0, 0.05) is 37.0 Å². The summed E-state index contributed by atoms with van der Waals surface area (Å²) in [5.74, 6) is 0.673. The number of nitro benzene ring substituents is 1. The molecular formula is C20H23N3O5. The summed E-state index contributed by atoms with van der Waals surface area (Å²) in [5.41, 5.74) is 1.39. The van der Waals surface area contributed by atoms with Crippen molar-refractivity contribution in [1.29, 1.82) is 0 Å². The highest BCUT2D eigenvalue weighted by Gasteiger charge is 2.23. The summed E-state index contributed by atoms with van der Waals surface area (Å²) in [7, 11) is 1.52. The molecule has 8 heteroatoms. The Morgan fingerprint density at radius 2 is 1.93 bits per heavy atom. The van der Waals surface area contributed by atoms with Crippen LogP contribution < -0.4 is 19.7 Å². The standard InChI is InChI=1S/C20H23N3O5/c1-3-28-18-9-6-14(12-19(18)27-2)21-20(24)16-13-15(23(25)26)7-8-17(16)22-10-4-5-11-22/h6-9,12-13H,3-5,10-11H2,1-2H3,(H,21,24). The third kappa shape index (κ3) is 4.16. The maximum atomic E-state index is 12.9. The topological polar surface area (TPSA) is 93.9 Å². The Morgan fingerprint density at radius 1 is 1.18 bits per heavy atom. The fraction of sp³-hybridized carbons (Fsp3) is 0.350. The third-order valence-electron chi connectivity index (χ3n) is 4.60. The van der Waals surface area contributed by atoms with Gasteiger partial charge in [0.25, 0.3) is 11.6 Å². The second kappa shape index (κ2) is 8.60. The summed E-state index contributed by atoms with van der Waals surface area (Å²) in [5, 5.41) is 14.0. The molecule has 0 bridgehead atoms. The van der Waals surface area contributed by atoms with Crippen LogP contribution in [0.4, 0.5) is 17.1 Å². The van der Waals surface area contributed by atoms with E-state index in [1.165, 1.54) is 19.2 Å². The third-order valence-corrected chi connectivity index (χ3v) is 4.60.